The molecule has 0 radical (unpaired) electrons. The van der Waals surface area contributed by atoms with E-state index >= 15 is 0 Å². The lowest BCUT2D eigenvalue weighted by Gasteiger charge is -2.34. The van der Waals surface area contributed by atoms with Gasteiger partial charge in [0.1, 0.15) is 0 Å². The second-order valence-corrected chi connectivity index (χ2v) is 6.83. The molecule has 1 unspecified atom stereocenters. The van der Waals surface area contributed by atoms with Crippen LogP contribution in [0.15, 0.2) is 29.8 Å². The summed E-state index contributed by atoms with van der Waals surface area (Å²) in [4.78, 5) is 17.4. The van der Waals surface area contributed by atoms with Crippen molar-refractivity contribution in [2.24, 2.45) is 5.41 Å². The number of aliphatic carboxylic acids is 1. The fourth-order valence-electron chi connectivity index (χ4n) is 3.22. The van der Waals surface area contributed by atoms with Gasteiger partial charge in [0.25, 0.3) is 0 Å². The highest BCUT2D eigenvalue weighted by Crippen LogP contribution is 2.40. The van der Waals surface area contributed by atoms with Gasteiger partial charge in [0.05, 0.1) is 16.6 Å². The predicted molar refractivity (Wildman–Crippen MR) is 83.7 cm³/mol. The van der Waals surface area contributed by atoms with E-state index in [4.69, 9.17) is 0 Å². The van der Waals surface area contributed by atoms with Gasteiger partial charge in [-0.3, -0.25) is 4.79 Å². The minimum absolute atomic E-state index is 0.620. The molecule has 1 aromatic heterocycles. The molecule has 0 saturated carbocycles. The maximum Gasteiger partial charge on any atom is 0.309 e. The zero-order valence-corrected chi connectivity index (χ0v) is 12.9. The number of carboxylic acid groups (broad SMARTS) is 1. The molecule has 0 fully saturated rings. The molecule has 110 valence electrons. The first-order chi connectivity index (χ1) is 10.1. The number of benzene rings is 1. The summed E-state index contributed by atoms with van der Waals surface area (Å²) < 4.78 is 0. The van der Waals surface area contributed by atoms with Gasteiger partial charge in [-0.1, -0.05) is 24.3 Å². The molecule has 1 aliphatic rings. The van der Waals surface area contributed by atoms with Crippen LogP contribution >= 0.6 is 11.3 Å². The molecule has 3 rings (SSSR count). The SMILES string of the molecule is Cc1ncsc1CCC1(C(=O)O)CCc2ccccc2C1. The van der Waals surface area contributed by atoms with Crippen LogP contribution in [0.1, 0.15) is 34.5 Å². The first kappa shape index (κ1) is 14.3. The molecule has 21 heavy (non-hydrogen) atoms. The van der Waals surface area contributed by atoms with Crippen molar-refractivity contribution in [3.8, 4) is 0 Å². The van der Waals surface area contributed by atoms with Gasteiger partial charge >= 0.3 is 5.97 Å². The summed E-state index contributed by atoms with van der Waals surface area (Å²) in [5.41, 5.74) is 4.77. The van der Waals surface area contributed by atoms with Crippen LogP contribution in [0.4, 0.5) is 0 Å². The second-order valence-electron chi connectivity index (χ2n) is 5.89. The Labute approximate surface area is 128 Å². The average Bonchev–Trinajstić information content (AvgIpc) is 2.90. The topological polar surface area (TPSA) is 50.2 Å². The fourth-order valence-corrected chi connectivity index (χ4v) is 4.00. The van der Waals surface area contributed by atoms with Gasteiger partial charge in [0.15, 0.2) is 0 Å². The van der Waals surface area contributed by atoms with E-state index in [1.165, 1.54) is 16.0 Å². The number of hydrogen-bond acceptors (Lipinski definition) is 3. The Morgan fingerprint density at radius 3 is 2.81 bits per heavy atom. The number of carboxylic acids is 1. The number of nitrogens with zero attached hydrogens (tertiary/aromatic N) is 1. The largest absolute Gasteiger partial charge is 0.481 e. The number of carbonyl (C=O) groups is 1. The molecule has 0 aliphatic heterocycles. The van der Waals surface area contributed by atoms with Crippen molar-refractivity contribution in [1.29, 1.82) is 0 Å². The van der Waals surface area contributed by atoms with Gasteiger partial charge in [0, 0.05) is 4.88 Å². The summed E-state index contributed by atoms with van der Waals surface area (Å²) in [6.45, 7) is 2.00. The van der Waals surface area contributed by atoms with Crippen molar-refractivity contribution in [2.75, 3.05) is 0 Å². The smallest absolute Gasteiger partial charge is 0.309 e. The maximum atomic E-state index is 11.9. The minimum atomic E-state index is -0.654. The number of hydrogen-bond donors (Lipinski definition) is 1. The van der Waals surface area contributed by atoms with E-state index in [9.17, 15) is 9.90 Å². The van der Waals surface area contributed by atoms with Crippen LogP contribution in [0.5, 0.6) is 0 Å². The zero-order valence-electron chi connectivity index (χ0n) is 12.1. The maximum absolute atomic E-state index is 11.9. The second kappa shape index (κ2) is 5.60. The lowest BCUT2D eigenvalue weighted by molar-refractivity contribution is -0.150. The lowest BCUT2D eigenvalue weighted by atomic mass is 9.69. The molecule has 2 aromatic rings. The summed E-state index contributed by atoms with van der Waals surface area (Å²) in [7, 11) is 0. The Balaban J connectivity index is 1.82. The van der Waals surface area contributed by atoms with Crippen molar-refractivity contribution < 1.29 is 9.90 Å². The lowest BCUT2D eigenvalue weighted by Crippen LogP contribution is -2.37. The number of rotatable bonds is 4. The van der Waals surface area contributed by atoms with Crippen LogP contribution in [0.2, 0.25) is 0 Å². The Bertz CT molecular complexity index is 664. The van der Waals surface area contributed by atoms with E-state index < -0.39 is 11.4 Å². The standard InChI is InChI=1S/C17H19NO2S/c1-12-15(21-11-18-12)7-9-17(16(19)20)8-6-13-4-2-3-5-14(13)10-17/h2-5,11H,6-10H2,1H3,(H,19,20). The van der Waals surface area contributed by atoms with Crippen LogP contribution in [0, 0.1) is 12.3 Å². The first-order valence-electron chi connectivity index (χ1n) is 7.30. The molecule has 0 bridgehead atoms. The van der Waals surface area contributed by atoms with Crippen molar-refractivity contribution >= 4 is 17.3 Å². The molecule has 0 amide bonds. The van der Waals surface area contributed by atoms with Crippen molar-refractivity contribution in [3.63, 3.8) is 0 Å². The minimum Gasteiger partial charge on any atom is -0.481 e. The number of thiazole rings is 1. The van der Waals surface area contributed by atoms with Gasteiger partial charge < -0.3 is 5.11 Å². The van der Waals surface area contributed by atoms with Crippen LogP contribution in [0.25, 0.3) is 0 Å². The summed E-state index contributed by atoms with van der Waals surface area (Å²) in [5, 5.41) is 9.80. The Morgan fingerprint density at radius 2 is 2.14 bits per heavy atom. The highest BCUT2D eigenvalue weighted by molar-refractivity contribution is 7.09. The molecular weight excluding hydrogens is 282 g/mol. The van der Waals surface area contributed by atoms with Crippen LogP contribution in [-0.2, 0) is 24.1 Å². The molecule has 1 aliphatic carbocycles. The highest BCUT2D eigenvalue weighted by Gasteiger charge is 2.41. The third-order valence-corrected chi connectivity index (χ3v) is 5.64. The fraction of sp³-hybridized carbons (Fsp3) is 0.412. The van der Waals surface area contributed by atoms with Gasteiger partial charge in [-0.05, 0) is 50.2 Å². The Kier molecular flexibility index (Phi) is 3.81. The molecule has 1 atom stereocenters. The average molecular weight is 301 g/mol. The molecule has 0 saturated heterocycles. The normalized spacial score (nSPS) is 21.0. The number of fused-ring (bicyclic) bond motifs is 1. The zero-order chi connectivity index (χ0) is 14.9. The molecular formula is C17H19NO2S. The van der Waals surface area contributed by atoms with Crippen molar-refractivity contribution in [1.82, 2.24) is 4.98 Å². The van der Waals surface area contributed by atoms with Crippen LogP contribution < -0.4 is 0 Å². The molecule has 0 spiro atoms. The summed E-state index contributed by atoms with van der Waals surface area (Å²) in [5.74, 6) is -0.654. The monoisotopic (exact) mass is 301 g/mol. The number of aromatic nitrogens is 1. The third kappa shape index (κ3) is 2.72. The van der Waals surface area contributed by atoms with Gasteiger partial charge in [-0.15, -0.1) is 11.3 Å². The molecule has 1 heterocycles. The summed E-state index contributed by atoms with van der Waals surface area (Å²) in [6.07, 6.45) is 3.75. The van der Waals surface area contributed by atoms with Crippen LogP contribution in [0.3, 0.4) is 0 Å². The van der Waals surface area contributed by atoms with E-state index in [-0.39, 0.29) is 0 Å². The van der Waals surface area contributed by atoms with Crippen LogP contribution in [-0.4, -0.2) is 16.1 Å². The first-order valence-corrected chi connectivity index (χ1v) is 8.18. The van der Waals surface area contributed by atoms with E-state index in [0.29, 0.717) is 12.8 Å². The van der Waals surface area contributed by atoms with Gasteiger partial charge in [-0.2, -0.15) is 0 Å². The Hall–Kier alpha value is -1.68. The van der Waals surface area contributed by atoms with Crippen molar-refractivity contribution in [3.05, 3.63) is 51.5 Å². The predicted octanol–water partition coefficient (Wildman–Crippen LogP) is 3.64. The molecule has 3 nitrogen and oxygen atoms in total. The summed E-state index contributed by atoms with van der Waals surface area (Å²) >= 11 is 1.63. The highest BCUT2D eigenvalue weighted by atomic mass is 32.1. The van der Waals surface area contributed by atoms with E-state index in [0.717, 1.165) is 25.0 Å². The Morgan fingerprint density at radius 1 is 1.38 bits per heavy atom. The molecule has 4 heteroatoms. The van der Waals surface area contributed by atoms with Gasteiger partial charge in [-0.25, -0.2) is 4.98 Å². The third-order valence-electron chi connectivity index (χ3n) is 4.65. The summed E-state index contributed by atoms with van der Waals surface area (Å²) in [6, 6.07) is 8.23. The molecule has 1 aromatic carbocycles. The van der Waals surface area contributed by atoms with E-state index in [1.54, 1.807) is 11.3 Å². The van der Waals surface area contributed by atoms with Crippen molar-refractivity contribution in [2.45, 2.75) is 39.0 Å². The number of aryl methyl sites for hydroxylation is 3. The quantitative estimate of drug-likeness (QED) is 0.938. The van der Waals surface area contributed by atoms with E-state index in [1.807, 2.05) is 24.6 Å². The van der Waals surface area contributed by atoms with E-state index in [2.05, 4.69) is 17.1 Å². The molecule has 1 N–H and O–H groups in total. The van der Waals surface area contributed by atoms with Gasteiger partial charge in [0.2, 0.25) is 0 Å².